The molecule has 0 fully saturated rings. The number of carbonyl (C=O) groups excluding carboxylic acids is 1. The second kappa shape index (κ2) is 7.95. The Hall–Kier alpha value is -1.35. The summed E-state index contributed by atoms with van der Waals surface area (Å²) in [5.41, 5.74) is 6.70. The predicted molar refractivity (Wildman–Crippen MR) is 78.3 cm³/mol. The second-order valence-electron chi connectivity index (χ2n) is 5.46. The molecule has 0 amide bonds. The Labute approximate surface area is 116 Å². The van der Waals surface area contributed by atoms with Gasteiger partial charge in [0.15, 0.2) is 0 Å². The summed E-state index contributed by atoms with van der Waals surface area (Å²) in [6.45, 7) is 4.90. The summed E-state index contributed by atoms with van der Waals surface area (Å²) >= 11 is 0. The van der Waals surface area contributed by atoms with Crippen molar-refractivity contribution in [3.63, 3.8) is 0 Å². The van der Waals surface area contributed by atoms with Crippen LogP contribution in [0.3, 0.4) is 0 Å². The summed E-state index contributed by atoms with van der Waals surface area (Å²) in [5.74, 6) is 1.89. The van der Waals surface area contributed by atoms with E-state index in [1.54, 1.807) is 7.11 Å². The molecule has 0 saturated heterocycles. The van der Waals surface area contributed by atoms with E-state index in [-0.39, 0.29) is 5.78 Å². The van der Waals surface area contributed by atoms with Crippen LogP contribution in [-0.4, -0.2) is 19.4 Å². The Kier molecular flexibility index (Phi) is 6.57. The molecule has 0 heterocycles. The Bertz CT molecular complexity index is 401. The number of ether oxygens (including phenoxy) is 1. The highest BCUT2D eigenvalue weighted by Crippen LogP contribution is 2.20. The molecule has 0 aliphatic carbocycles. The average molecular weight is 263 g/mol. The molecule has 0 aromatic heterocycles. The van der Waals surface area contributed by atoms with Crippen LogP contribution in [0.5, 0.6) is 5.75 Å². The highest BCUT2D eigenvalue weighted by molar-refractivity contribution is 5.81. The lowest BCUT2D eigenvalue weighted by Crippen LogP contribution is -2.21. The van der Waals surface area contributed by atoms with E-state index in [2.05, 4.69) is 13.8 Å². The maximum atomic E-state index is 12.1. The van der Waals surface area contributed by atoms with E-state index in [0.29, 0.717) is 31.2 Å². The van der Waals surface area contributed by atoms with Crippen molar-refractivity contribution in [3.05, 3.63) is 29.8 Å². The van der Waals surface area contributed by atoms with Gasteiger partial charge in [-0.15, -0.1) is 0 Å². The number of carbonyl (C=O) groups is 1. The fourth-order valence-corrected chi connectivity index (χ4v) is 2.39. The summed E-state index contributed by atoms with van der Waals surface area (Å²) in [6.07, 6.45) is 2.00. The minimum absolute atomic E-state index is 0.237. The first kappa shape index (κ1) is 15.7. The Morgan fingerprint density at radius 1 is 1.32 bits per heavy atom. The molecule has 3 nitrogen and oxygen atoms in total. The highest BCUT2D eigenvalue weighted by atomic mass is 16.5. The quantitative estimate of drug-likeness (QED) is 0.784. The molecule has 0 saturated carbocycles. The van der Waals surface area contributed by atoms with Gasteiger partial charge in [0, 0.05) is 18.4 Å². The number of para-hydroxylation sites is 1. The Morgan fingerprint density at radius 3 is 2.58 bits per heavy atom. The van der Waals surface area contributed by atoms with Crippen LogP contribution in [-0.2, 0) is 11.2 Å². The maximum Gasteiger partial charge on any atom is 0.137 e. The molecular formula is C16H25NO2. The number of ketones is 1. The van der Waals surface area contributed by atoms with Crippen molar-refractivity contribution < 1.29 is 9.53 Å². The highest BCUT2D eigenvalue weighted by Gasteiger charge is 2.15. The molecule has 0 bridgehead atoms. The number of hydrogen-bond donors (Lipinski definition) is 1. The van der Waals surface area contributed by atoms with Crippen molar-refractivity contribution >= 4 is 5.78 Å². The average Bonchev–Trinajstić information content (AvgIpc) is 2.38. The summed E-state index contributed by atoms with van der Waals surface area (Å²) in [5, 5.41) is 0. The van der Waals surface area contributed by atoms with E-state index in [0.717, 1.165) is 17.7 Å². The van der Waals surface area contributed by atoms with Crippen molar-refractivity contribution in [2.45, 2.75) is 33.1 Å². The van der Waals surface area contributed by atoms with Gasteiger partial charge in [0.2, 0.25) is 0 Å². The number of methoxy groups -OCH3 is 1. The van der Waals surface area contributed by atoms with E-state index in [9.17, 15) is 4.79 Å². The van der Waals surface area contributed by atoms with Gasteiger partial charge in [-0.05, 0) is 30.9 Å². The molecule has 0 aliphatic rings. The predicted octanol–water partition coefficient (Wildman–Crippen LogP) is 2.82. The number of rotatable bonds is 8. The third kappa shape index (κ3) is 5.43. The first-order valence-electron chi connectivity index (χ1n) is 6.90. The molecule has 1 atom stereocenters. The van der Waals surface area contributed by atoms with Crippen LogP contribution in [0.1, 0.15) is 32.3 Å². The van der Waals surface area contributed by atoms with Gasteiger partial charge in [-0.2, -0.15) is 0 Å². The molecule has 0 aliphatic heterocycles. The minimum Gasteiger partial charge on any atom is -0.496 e. The van der Waals surface area contributed by atoms with Gasteiger partial charge in [0.05, 0.1) is 7.11 Å². The van der Waals surface area contributed by atoms with Crippen molar-refractivity contribution in [2.75, 3.05) is 13.7 Å². The first-order chi connectivity index (χ1) is 9.06. The van der Waals surface area contributed by atoms with Gasteiger partial charge in [-0.3, -0.25) is 4.79 Å². The smallest absolute Gasteiger partial charge is 0.137 e. The van der Waals surface area contributed by atoms with Crippen LogP contribution in [0.2, 0.25) is 0 Å². The van der Waals surface area contributed by atoms with Gasteiger partial charge in [0.1, 0.15) is 11.5 Å². The fourth-order valence-electron chi connectivity index (χ4n) is 2.39. The van der Waals surface area contributed by atoms with Crippen molar-refractivity contribution in [3.8, 4) is 5.75 Å². The molecule has 0 radical (unpaired) electrons. The van der Waals surface area contributed by atoms with Crippen LogP contribution in [0.15, 0.2) is 24.3 Å². The second-order valence-corrected chi connectivity index (χ2v) is 5.46. The lowest BCUT2D eigenvalue weighted by molar-refractivity contribution is -0.119. The molecule has 19 heavy (non-hydrogen) atoms. The molecule has 3 heteroatoms. The summed E-state index contributed by atoms with van der Waals surface area (Å²) in [6, 6.07) is 7.67. The van der Waals surface area contributed by atoms with Gasteiger partial charge in [0.25, 0.3) is 0 Å². The largest absolute Gasteiger partial charge is 0.496 e. The molecule has 106 valence electrons. The summed E-state index contributed by atoms with van der Waals surface area (Å²) in [7, 11) is 1.63. The number of benzene rings is 1. The lowest BCUT2D eigenvalue weighted by atomic mass is 9.91. The van der Waals surface area contributed by atoms with E-state index >= 15 is 0 Å². The van der Waals surface area contributed by atoms with Gasteiger partial charge < -0.3 is 10.5 Å². The number of hydrogen-bond acceptors (Lipinski definition) is 3. The molecule has 1 rings (SSSR count). The Balaban J connectivity index is 2.59. The minimum atomic E-state index is 0.237. The van der Waals surface area contributed by atoms with Crippen molar-refractivity contribution in [2.24, 2.45) is 17.6 Å². The third-order valence-corrected chi connectivity index (χ3v) is 3.23. The SMILES string of the molecule is COc1ccccc1CC(=O)CC(CN)CC(C)C. The normalized spacial score (nSPS) is 12.5. The van der Waals surface area contributed by atoms with Gasteiger partial charge in [-0.1, -0.05) is 32.0 Å². The zero-order chi connectivity index (χ0) is 14.3. The molecule has 1 aromatic rings. The van der Waals surface area contributed by atoms with Gasteiger partial charge in [-0.25, -0.2) is 0 Å². The van der Waals surface area contributed by atoms with E-state index in [4.69, 9.17) is 10.5 Å². The van der Waals surface area contributed by atoms with Crippen LogP contribution in [0.4, 0.5) is 0 Å². The van der Waals surface area contributed by atoms with Crippen molar-refractivity contribution in [1.29, 1.82) is 0 Å². The molecule has 1 aromatic carbocycles. The maximum absolute atomic E-state index is 12.1. The van der Waals surface area contributed by atoms with E-state index < -0.39 is 0 Å². The molecule has 0 spiro atoms. The standard InChI is InChI=1S/C16H25NO2/c1-12(2)8-13(11-17)9-15(18)10-14-6-4-5-7-16(14)19-3/h4-7,12-13H,8-11,17H2,1-3H3. The number of nitrogens with two attached hydrogens (primary N) is 1. The van der Waals surface area contributed by atoms with Gasteiger partial charge >= 0.3 is 0 Å². The number of Topliss-reactive ketones (excluding diaryl/α,β-unsaturated/α-hetero) is 1. The zero-order valence-electron chi connectivity index (χ0n) is 12.2. The Morgan fingerprint density at radius 2 is 2.00 bits per heavy atom. The third-order valence-electron chi connectivity index (χ3n) is 3.23. The molecular weight excluding hydrogens is 238 g/mol. The fraction of sp³-hybridized carbons (Fsp3) is 0.562. The molecule has 2 N–H and O–H groups in total. The van der Waals surface area contributed by atoms with E-state index in [1.807, 2.05) is 24.3 Å². The van der Waals surface area contributed by atoms with Crippen LogP contribution in [0.25, 0.3) is 0 Å². The zero-order valence-corrected chi connectivity index (χ0v) is 12.2. The topological polar surface area (TPSA) is 52.3 Å². The first-order valence-corrected chi connectivity index (χ1v) is 6.90. The van der Waals surface area contributed by atoms with E-state index in [1.165, 1.54) is 0 Å². The van der Waals surface area contributed by atoms with Crippen LogP contribution >= 0.6 is 0 Å². The summed E-state index contributed by atoms with van der Waals surface area (Å²) in [4.78, 5) is 12.1. The van der Waals surface area contributed by atoms with Crippen LogP contribution < -0.4 is 10.5 Å². The van der Waals surface area contributed by atoms with Crippen molar-refractivity contribution in [1.82, 2.24) is 0 Å². The summed E-state index contributed by atoms with van der Waals surface area (Å²) < 4.78 is 5.27. The molecule has 1 unspecified atom stereocenters. The monoisotopic (exact) mass is 263 g/mol. The van der Waals surface area contributed by atoms with Crippen LogP contribution in [0, 0.1) is 11.8 Å². The lowest BCUT2D eigenvalue weighted by Gasteiger charge is -2.16.